The molecule has 0 aliphatic heterocycles. The molecule has 0 radical (unpaired) electrons. The Morgan fingerprint density at radius 2 is 2.00 bits per heavy atom. The van der Waals surface area contributed by atoms with Gasteiger partial charge in [-0.3, -0.25) is 9.48 Å². The summed E-state index contributed by atoms with van der Waals surface area (Å²) in [5, 5.41) is 18.9. The highest BCUT2D eigenvalue weighted by molar-refractivity contribution is 5.82. The van der Waals surface area contributed by atoms with E-state index in [1.807, 2.05) is 6.92 Å². The molecule has 186 valence electrons. The first-order valence-corrected chi connectivity index (χ1v) is 13.5. The SMILES string of the molecule is [C-]#[N+]c1cnn(CC(=O)[C@H]2CC(NC(C)C)[C@H]3[C@@H]4CC[C@@H]5C[C@](C)(O)CC[C@@H]5[C@H]4CC[C@]23C)c1. The second kappa shape index (κ2) is 8.75. The zero-order valence-electron chi connectivity index (χ0n) is 21.3. The van der Waals surface area contributed by atoms with E-state index in [1.165, 1.54) is 19.3 Å². The highest BCUT2D eigenvalue weighted by Crippen LogP contribution is 2.64. The van der Waals surface area contributed by atoms with Crippen molar-refractivity contribution >= 4 is 11.5 Å². The van der Waals surface area contributed by atoms with Gasteiger partial charge in [0, 0.05) is 24.2 Å². The fourth-order valence-electron chi connectivity index (χ4n) is 9.06. The highest BCUT2D eigenvalue weighted by Gasteiger charge is 2.62. The van der Waals surface area contributed by atoms with E-state index in [-0.39, 0.29) is 23.7 Å². The maximum atomic E-state index is 13.7. The van der Waals surface area contributed by atoms with Gasteiger partial charge in [0.05, 0.1) is 24.9 Å². The number of ketones is 1. The Hall–Kier alpha value is -1.71. The van der Waals surface area contributed by atoms with Crippen LogP contribution in [0.25, 0.3) is 4.85 Å². The summed E-state index contributed by atoms with van der Waals surface area (Å²) in [7, 11) is 0. The van der Waals surface area contributed by atoms with Crippen LogP contribution in [-0.2, 0) is 11.3 Å². The van der Waals surface area contributed by atoms with E-state index in [9.17, 15) is 9.90 Å². The summed E-state index contributed by atoms with van der Waals surface area (Å²) < 4.78 is 1.65. The lowest BCUT2D eigenvalue weighted by Gasteiger charge is -2.57. The number of nitrogens with zero attached hydrogens (tertiary/aromatic N) is 3. The van der Waals surface area contributed by atoms with Crippen molar-refractivity contribution in [2.75, 3.05) is 0 Å². The predicted molar refractivity (Wildman–Crippen MR) is 132 cm³/mol. The van der Waals surface area contributed by atoms with Gasteiger partial charge in [0.1, 0.15) is 0 Å². The Balaban J connectivity index is 1.39. The number of aromatic nitrogens is 2. The van der Waals surface area contributed by atoms with Gasteiger partial charge >= 0.3 is 0 Å². The third kappa shape index (κ3) is 4.13. The summed E-state index contributed by atoms with van der Waals surface area (Å²) in [6, 6.07) is 0.781. The number of hydrogen-bond acceptors (Lipinski definition) is 4. The first-order chi connectivity index (χ1) is 16.1. The lowest BCUT2D eigenvalue weighted by molar-refractivity contribution is -0.133. The molecule has 1 unspecified atom stereocenters. The minimum atomic E-state index is -0.483. The smallest absolute Gasteiger partial charge is 0.224 e. The van der Waals surface area contributed by atoms with Crippen LogP contribution in [-0.4, -0.2) is 38.4 Å². The average molecular weight is 467 g/mol. The van der Waals surface area contributed by atoms with E-state index in [0.717, 1.165) is 43.9 Å². The lowest BCUT2D eigenvalue weighted by Crippen LogP contribution is -2.54. The molecule has 1 heterocycles. The molecule has 2 N–H and O–H groups in total. The van der Waals surface area contributed by atoms with Crippen LogP contribution in [0.3, 0.4) is 0 Å². The molecule has 4 aliphatic rings. The Kier molecular flexibility index (Phi) is 6.18. The van der Waals surface area contributed by atoms with Gasteiger partial charge in [0.25, 0.3) is 0 Å². The molecule has 5 rings (SSSR count). The predicted octanol–water partition coefficient (Wildman–Crippen LogP) is 5.00. The summed E-state index contributed by atoms with van der Waals surface area (Å²) in [5.41, 5.74) is 0.0307. The third-order valence-corrected chi connectivity index (χ3v) is 10.3. The number of aliphatic hydroxyl groups is 1. The summed E-state index contributed by atoms with van der Waals surface area (Å²) >= 11 is 0. The maximum absolute atomic E-state index is 13.7. The Labute approximate surface area is 204 Å². The molecule has 0 aromatic carbocycles. The van der Waals surface area contributed by atoms with Gasteiger partial charge in [-0.1, -0.05) is 20.8 Å². The number of carbonyl (C=O) groups is 1. The molecule has 0 amide bonds. The fraction of sp³-hybridized carbons (Fsp3) is 0.821. The van der Waals surface area contributed by atoms with Gasteiger partial charge in [0.15, 0.2) is 5.78 Å². The molecule has 9 atom stereocenters. The van der Waals surface area contributed by atoms with Crippen molar-refractivity contribution in [3.63, 3.8) is 0 Å². The number of nitrogens with one attached hydrogen (secondary N) is 1. The van der Waals surface area contributed by atoms with Crippen LogP contribution >= 0.6 is 0 Å². The van der Waals surface area contributed by atoms with Crippen LogP contribution < -0.4 is 5.32 Å². The van der Waals surface area contributed by atoms with E-state index in [0.29, 0.717) is 35.5 Å². The summed E-state index contributed by atoms with van der Waals surface area (Å²) in [5.74, 6) is 3.68. The number of carbonyl (C=O) groups excluding carboxylic acids is 1. The monoisotopic (exact) mass is 466 g/mol. The molecule has 0 saturated heterocycles. The van der Waals surface area contributed by atoms with Crippen molar-refractivity contribution in [3.05, 3.63) is 23.8 Å². The topological polar surface area (TPSA) is 71.5 Å². The van der Waals surface area contributed by atoms with Gasteiger partial charge in [-0.25, -0.2) is 4.85 Å². The number of rotatable bonds is 5. The fourth-order valence-corrected chi connectivity index (χ4v) is 9.06. The molecule has 6 heteroatoms. The molecule has 4 saturated carbocycles. The molecule has 1 aromatic rings. The Morgan fingerprint density at radius 1 is 1.24 bits per heavy atom. The third-order valence-electron chi connectivity index (χ3n) is 10.3. The van der Waals surface area contributed by atoms with Gasteiger partial charge < -0.3 is 10.4 Å². The number of hydrogen-bond donors (Lipinski definition) is 2. The Morgan fingerprint density at radius 3 is 2.71 bits per heavy atom. The molecular weight excluding hydrogens is 424 g/mol. The van der Waals surface area contributed by atoms with Crippen LogP contribution in [0.5, 0.6) is 0 Å². The van der Waals surface area contributed by atoms with E-state index < -0.39 is 5.60 Å². The van der Waals surface area contributed by atoms with Crippen LogP contribution in [0.2, 0.25) is 0 Å². The van der Waals surface area contributed by atoms with Gasteiger partial charge in [0.2, 0.25) is 5.69 Å². The minimum Gasteiger partial charge on any atom is -0.390 e. The van der Waals surface area contributed by atoms with Gasteiger partial charge in [-0.2, -0.15) is 5.10 Å². The molecule has 0 bridgehead atoms. The molecule has 1 aromatic heterocycles. The standard InChI is InChI=1S/C28H42N4O2/c1-17(2)31-24-12-23(25(33)16-32-15-19(29-5)14-30-32)28(4)11-9-21-20-8-10-27(3,34)13-18(20)6-7-22(21)26(24)28/h14-15,17-18,20-24,26,31,34H,6-13,16H2,1-4H3/t18-,20+,21-,22-,23-,24?,26-,27-,28-/m1/s1. The maximum Gasteiger partial charge on any atom is 0.224 e. The van der Waals surface area contributed by atoms with E-state index >= 15 is 0 Å². The van der Waals surface area contributed by atoms with Crippen LogP contribution in [0, 0.1) is 47.5 Å². The van der Waals surface area contributed by atoms with Crippen molar-refractivity contribution < 1.29 is 9.90 Å². The second-order valence-electron chi connectivity index (χ2n) is 12.8. The van der Waals surface area contributed by atoms with E-state index in [4.69, 9.17) is 6.57 Å². The van der Waals surface area contributed by atoms with Crippen molar-refractivity contribution in [3.8, 4) is 0 Å². The summed E-state index contributed by atoms with van der Waals surface area (Å²) in [4.78, 5) is 17.1. The van der Waals surface area contributed by atoms with E-state index in [2.05, 4.69) is 36.0 Å². The first kappa shape index (κ1) is 24.0. The van der Waals surface area contributed by atoms with Crippen LogP contribution in [0.4, 0.5) is 5.69 Å². The molecular formula is C28H42N4O2. The van der Waals surface area contributed by atoms with Crippen LogP contribution in [0.1, 0.15) is 79.1 Å². The zero-order chi connectivity index (χ0) is 24.3. The average Bonchev–Trinajstić information content (AvgIpc) is 3.34. The Bertz CT molecular complexity index is 962. The summed E-state index contributed by atoms with van der Waals surface area (Å²) in [6.07, 6.45) is 12.0. The molecule has 34 heavy (non-hydrogen) atoms. The summed E-state index contributed by atoms with van der Waals surface area (Å²) in [6.45, 7) is 16.3. The van der Waals surface area contributed by atoms with Gasteiger partial charge in [-0.05, 0) is 93.3 Å². The van der Waals surface area contributed by atoms with Crippen molar-refractivity contribution in [1.82, 2.24) is 15.1 Å². The van der Waals surface area contributed by atoms with Gasteiger partial charge in [-0.15, -0.1) is 0 Å². The van der Waals surface area contributed by atoms with E-state index in [1.54, 1.807) is 17.1 Å². The quantitative estimate of drug-likeness (QED) is 0.599. The zero-order valence-corrected chi connectivity index (χ0v) is 21.3. The van der Waals surface area contributed by atoms with Crippen molar-refractivity contribution in [1.29, 1.82) is 0 Å². The normalized spacial score (nSPS) is 43.6. The molecule has 0 spiro atoms. The minimum absolute atomic E-state index is 0.0214. The second-order valence-corrected chi connectivity index (χ2v) is 12.8. The number of fused-ring (bicyclic) bond motifs is 5. The highest BCUT2D eigenvalue weighted by atomic mass is 16.3. The lowest BCUT2D eigenvalue weighted by atomic mass is 9.48. The molecule has 6 nitrogen and oxygen atoms in total. The first-order valence-electron chi connectivity index (χ1n) is 13.5. The molecule has 4 aliphatic carbocycles. The largest absolute Gasteiger partial charge is 0.390 e. The number of Topliss-reactive ketones (excluding diaryl/α,β-unsaturated/α-hetero) is 1. The van der Waals surface area contributed by atoms with Crippen molar-refractivity contribution in [2.24, 2.45) is 40.9 Å². The molecule has 4 fully saturated rings. The van der Waals surface area contributed by atoms with Crippen molar-refractivity contribution in [2.45, 2.75) is 103 Å². The van der Waals surface area contributed by atoms with Crippen LogP contribution in [0.15, 0.2) is 12.4 Å².